The summed E-state index contributed by atoms with van der Waals surface area (Å²) in [4.78, 5) is 12.2. The lowest BCUT2D eigenvalue weighted by atomic mass is 10.1. The molecule has 2 aromatic rings. The first-order valence-electron chi connectivity index (χ1n) is 8.36. The van der Waals surface area contributed by atoms with Crippen molar-refractivity contribution in [3.05, 3.63) is 59.2 Å². The maximum atomic E-state index is 12.2. The molecule has 2 aromatic carbocycles. The summed E-state index contributed by atoms with van der Waals surface area (Å²) in [5.74, 6) is 1.60. The van der Waals surface area contributed by atoms with Gasteiger partial charge in [-0.2, -0.15) is 0 Å². The maximum absolute atomic E-state index is 12.2. The molecular weight excluding hydrogens is 302 g/mol. The van der Waals surface area contributed by atoms with Gasteiger partial charge in [0.05, 0.1) is 6.04 Å². The molecular formula is C20H23NO3. The van der Waals surface area contributed by atoms with Gasteiger partial charge in [0.1, 0.15) is 13.2 Å². The number of benzene rings is 2. The lowest BCUT2D eigenvalue weighted by Crippen LogP contribution is -2.26. The molecule has 0 unspecified atom stereocenters. The molecule has 1 heterocycles. The number of carbonyl (C=O) groups is 1. The Hall–Kier alpha value is -2.49. The van der Waals surface area contributed by atoms with E-state index in [1.807, 2.05) is 25.1 Å². The molecule has 4 nitrogen and oxygen atoms in total. The lowest BCUT2D eigenvalue weighted by Gasteiger charge is -2.19. The number of ether oxygens (including phenoxy) is 2. The van der Waals surface area contributed by atoms with Crippen LogP contribution in [-0.4, -0.2) is 19.1 Å². The second-order valence-electron chi connectivity index (χ2n) is 6.18. The van der Waals surface area contributed by atoms with Crippen LogP contribution in [0.15, 0.2) is 42.5 Å². The van der Waals surface area contributed by atoms with Gasteiger partial charge >= 0.3 is 0 Å². The minimum absolute atomic E-state index is 0.0124. The van der Waals surface area contributed by atoms with Crippen LogP contribution in [0.5, 0.6) is 11.5 Å². The average Bonchev–Trinajstić information content (AvgIpc) is 2.60. The fourth-order valence-corrected chi connectivity index (χ4v) is 2.75. The fourth-order valence-electron chi connectivity index (χ4n) is 2.75. The molecule has 1 atom stereocenters. The van der Waals surface area contributed by atoms with E-state index in [9.17, 15) is 4.79 Å². The van der Waals surface area contributed by atoms with Crippen molar-refractivity contribution in [1.29, 1.82) is 0 Å². The predicted molar refractivity (Wildman–Crippen MR) is 93.5 cm³/mol. The Labute approximate surface area is 142 Å². The van der Waals surface area contributed by atoms with Crippen LogP contribution in [0.2, 0.25) is 0 Å². The summed E-state index contributed by atoms with van der Waals surface area (Å²) >= 11 is 0. The fraction of sp³-hybridized carbons (Fsp3) is 0.350. The normalized spacial score (nSPS) is 14.1. The van der Waals surface area contributed by atoms with E-state index in [4.69, 9.17) is 9.47 Å². The van der Waals surface area contributed by atoms with Crippen molar-refractivity contribution in [3.63, 3.8) is 0 Å². The first-order valence-corrected chi connectivity index (χ1v) is 8.36. The number of amides is 1. The highest BCUT2D eigenvalue weighted by Gasteiger charge is 2.13. The Kier molecular flexibility index (Phi) is 5.04. The van der Waals surface area contributed by atoms with Gasteiger partial charge in [0, 0.05) is 6.42 Å². The minimum Gasteiger partial charge on any atom is -0.486 e. The zero-order chi connectivity index (χ0) is 16.9. The van der Waals surface area contributed by atoms with Crippen LogP contribution in [0.4, 0.5) is 0 Å². The molecule has 0 saturated heterocycles. The van der Waals surface area contributed by atoms with Crippen LogP contribution in [0.1, 0.15) is 36.1 Å². The molecule has 0 aliphatic carbocycles. The van der Waals surface area contributed by atoms with E-state index in [2.05, 4.69) is 36.5 Å². The second-order valence-corrected chi connectivity index (χ2v) is 6.18. The van der Waals surface area contributed by atoms with Gasteiger partial charge in [-0.05, 0) is 43.5 Å². The summed E-state index contributed by atoms with van der Waals surface area (Å²) in [5, 5.41) is 3.05. The Morgan fingerprint density at radius 3 is 2.54 bits per heavy atom. The van der Waals surface area contributed by atoms with Gasteiger partial charge in [-0.15, -0.1) is 0 Å². The summed E-state index contributed by atoms with van der Waals surface area (Å²) in [6.07, 6.45) is 1.14. The van der Waals surface area contributed by atoms with Crippen LogP contribution >= 0.6 is 0 Å². The highest BCUT2D eigenvalue weighted by Crippen LogP contribution is 2.31. The van der Waals surface area contributed by atoms with E-state index < -0.39 is 0 Å². The van der Waals surface area contributed by atoms with E-state index in [0.717, 1.165) is 22.6 Å². The van der Waals surface area contributed by atoms with Gasteiger partial charge in [-0.1, -0.05) is 35.9 Å². The third kappa shape index (κ3) is 4.07. The Morgan fingerprint density at radius 2 is 1.79 bits per heavy atom. The van der Waals surface area contributed by atoms with E-state index in [1.165, 1.54) is 5.56 Å². The average molecular weight is 325 g/mol. The number of rotatable bonds is 5. The lowest BCUT2D eigenvalue weighted by molar-refractivity contribution is -0.121. The molecule has 3 rings (SSSR count). The SMILES string of the molecule is Cc1ccc([C@@H](C)NC(=O)CCc2ccc3c(c2)OCCO3)cc1. The summed E-state index contributed by atoms with van der Waals surface area (Å²) < 4.78 is 11.1. The number of aryl methyl sites for hydroxylation is 2. The standard InChI is InChI=1S/C20H23NO3/c1-14-3-7-17(8-4-14)15(2)21-20(22)10-6-16-5-9-18-19(13-16)24-12-11-23-18/h3-5,7-9,13,15H,6,10-12H2,1-2H3,(H,21,22)/t15-/m1/s1. The van der Waals surface area contributed by atoms with Gasteiger partial charge in [-0.3, -0.25) is 4.79 Å². The number of hydrogen-bond acceptors (Lipinski definition) is 3. The first-order chi connectivity index (χ1) is 11.6. The van der Waals surface area contributed by atoms with Crippen LogP contribution in [0, 0.1) is 6.92 Å². The quantitative estimate of drug-likeness (QED) is 0.914. The van der Waals surface area contributed by atoms with E-state index in [-0.39, 0.29) is 11.9 Å². The summed E-state index contributed by atoms with van der Waals surface area (Å²) in [5.41, 5.74) is 3.42. The van der Waals surface area contributed by atoms with Gasteiger partial charge in [0.15, 0.2) is 11.5 Å². The highest BCUT2D eigenvalue weighted by atomic mass is 16.6. The summed E-state index contributed by atoms with van der Waals surface area (Å²) in [6, 6.07) is 14.1. The van der Waals surface area contributed by atoms with E-state index >= 15 is 0 Å². The van der Waals surface area contributed by atoms with Crippen molar-refractivity contribution in [1.82, 2.24) is 5.32 Å². The predicted octanol–water partition coefficient (Wildman–Crippen LogP) is 3.58. The largest absolute Gasteiger partial charge is 0.486 e. The van der Waals surface area contributed by atoms with Crippen LogP contribution in [-0.2, 0) is 11.2 Å². The molecule has 1 aliphatic rings. The second kappa shape index (κ2) is 7.39. The van der Waals surface area contributed by atoms with Crippen LogP contribution < -0.4 is 14.8 Å². The van der Waals surface area contributed by atoms with Gasteiger partial charge in [0.25, 0.3) is 0 Å². The molecule has 0 spiro atoms. The van der Waals surface area contributed by atoms with Crippen molar-refractivity contribution in [2.75, 3.05) is 13.2 Å². The van der Waals surface area contributed by atoms with Gasteiger partial charge < -0.3 is 14.8 Å². The molecule has 0 fully saturated rings. The number of nitrogens with one attached hydrogen (secondary N) is 1. The number of carbonyl (C=O) groups excluding carboxylic acids is 1. The zero-order valence-electron chi connectivity index (χ0n) is 14.2. The summed E-state index contributed by atoms with van der Waals surface area (Å²) in [7, 11) is 0. The van der Waals surface area contributed by atoms with Gasteiger partial charge in [-0.25, -0.2) is 0 Å². The van der Waals surface area contributed by atoms with Crippen molar-refractivity contribution >= 4 is 5.91 Å². The molecule has 4 heteroatoms. The molecule has 0 bridgehead atoms. The Bertz CT molecular complexity index is 709. The van der Waals surface area contributed by atoms with Crippen molar-refractivity contribution in [2.24, 2.45) is 0 Å². The Morgan fingerprint density at radius 1 is 1.08 bits per heavy atom. The molecule has 1 N–H and O–H groups in total. The summed E-state index contributed by atoms with van der Waals surface area (Å²) in [6.45, 7) is 5.23. The monoisotopic (exact) mass is 325 g/mol. The molecule has 24 heavy (non-hydrogen) atoms. The molecule has 1 amide bonds. The third-order valence-corrected chi connectivity index (χ3v) is 4.20. The molecule has 1 aliphatic heterocycles. The molecule has 0 radical (unpaired) electrons. The minimum atomic E-state index is 0.0124. The molecule has 0 saturated carbocycles. The number of fused-ring (bicyclic) bond motifs is 1. The van der Waals surface area contributed by atoms with Crippen LogP contribution in [0.25, 0.3) is 0 Å². The zero-order valence-corrected chi connectivity index (χ0v) is 14.2. The highest BCUT2D eigenvalue weighted by molar-refractivity contribution is 5.76. The van der Waals surface area contributed by atoms with Crippen molar-refractivity contribution in [2.45, 2.75) is 32.7 Å². The molecule has 126 valence electrons. The van der Waals surface area contributed by atoms with Crippen LogP contribution in [0.3, 0.4) is 0 Å². The third-order valence-electron chi connectivity index (χ3n) is 4.20. The number of hydrogen-bond donors (Lipinski definition) is 1. The Balaban J connectivity index is 1.52. The van der Waals surface area contributed by atoms with E-state index in [0.29, 0.717) is 26.1 Å². The van der Waals surface area contributed by atoms with E-state index in [1.54, 1.807) is 0 Å². The van der Waals surface area contributed by atoms with Gasteiger partial charge in [0.2, 0.25) is 5.91 Å². The smallest absolute Gasteiger partial charge is 0.220 e. The van der Waals surface area contributed by atoms with Crippen molar-refractivity contribution < 1.29 is 14.3 Å². The molecule has 0 aromatic heterocycles. The maximum Gasteiger partial charge on any atom is 0.220 e. The first kappa shape index (κ1) is 16.4. The van der Waals surface area contributed by atoms with Crippen molar-refractivity contribution in [3.8, 4) is 11.5 Å². The topological polar surface area (TPSA) is 47.6 Å².